The van der Waals surface area contributed by atoms with Crippen molar-refractivity contribution in [3.05, 3.63) is 29.8 Å². The Hall–Kier alpha value is -2.04. The molecule has 0 bridgehead atoms. The van der Waals surface area contributed by atoms with Gasteiger partial charge >= 0.3 is 5.97 Å². The van der Waals surface area contributed by atoms with Crippen LogP contribution in [0.3, 0.4) is 0 Å². The summed E-state index contributed by atoms with van der Waals surface area (Å²) < 4.78 is 5.31. The maximum Gasteiger partial charge on any atom is 0.326 e. The molecule has 1 amide bonds. The molecule has 2 unspecified atom stereocenters. The molecule has 0 aliphatic heterocycles. The predicted molar refractivity (Wildman–Crippen MR) is 89.6 cm³/mol. The van der Waals surface area contributed by atoms with Crippen molar-refractivity contribution in [2.24, 2.45) is 5.92 Å². The number of ether oxygens (including phenoxy) is 1. The van der Waals surface area contributed by atoms with E-state index in [1.54, 1.807) is 7.11 Å². The van der Waals surface area contributed by atoms with Crippen LogP contribution in [0.1, 0.15) is 45.1 Å². The van der Waals surface area contributed by atoms with Gasteiger partial charge in [-0.15, -0.1) is 0 Å². The van der Waals surface area contributed by atoms with Crippen LogP contribution < -0.4 is 10.1 Å². The van der Waals surface area contributed by atoms with E-state index in [1.807, 2.05) is 38.1 Å². The first-order valence-electron chi connectivity index (χ1n) is 8.12. The SMILES string of the molecule is CCCCC(NC(=O)CC(C)Cc1ccccc1OC)C(=O)O. The zero-order valence-corrected chi connectivity index (χ0v) is 14.2. The number of carboxylic acid groups (broad SMARTS) is 1. The molecule has 1 aromatic carbocycles. The fraction of sp³-hybridized carbons (Fsp3) is 0.556. The molecule has 5 heteroatoms. The highest BCUT2D eigenvalue weighted by Crippen LogP contribution is 2.22. The van der Waals surface area contributed by atoms with Gasteiger partial charge in [-0.3, -0.25) is 4.79 Å². The maximum atomic E-state index is 12.1. The average Bonchev–Trinajstić information content (AvgIpc) is 2.51. The Morgan fingerprint density at radius 3 is 2.61 bits per heavy atom. The molecule has 1 rings (SSSR count). The second-order valence-corrected chi connectivity index (χ2v) is 5.93. The third kappa shape index (κ3) is 6.72. The highest BCUT2D eigenvalue weighted by Gasteiger charge is 2.20. The van der Waals surface area contributed by atoms with Crippen LogP contribution in [0.25, 0.3) is 0 Å². The summed E-state index contributed by atoms with van der Waals surface area (Å²) in [5.41, 5.74) is 1.05. The van der Waals surface area contributed by atoms with Crippen molar-refractivity contribution in [3.8, 4) is 5.75 Å². The number of hydrogen-bond donors (Lipinski definition) is 2. The standard InChI is InChI=1S/C18H27NO4/c1-4-5-9-15(18(21)22)19-17(20)12-13(2)11-14-8-6-7-10-16(14)23-3/h6-8,10,13,15H,4-5,9,11-12H2,1-3H3,(H,19,20)(H,21,22). The lowest BCUT2D eigenvalue weighted by Gasteiger charge is -2.17. The Bertz CT molecular complexity index is 515. The summed E-state index contributed by atoms with van der Waals surface area (Å²) in [4.78, 5) is 23.2. The summed E-state index contributed by atoms with van der Waals surface area (Å²) in [6, 6.07) is 6.93. The van der Waals surface area contributed by atoms with Gasteiger partial charge in [-0.25, -0.2) is 4.79 Å². The molecule has 0 radical (unpaired) electrons. The first-order chi connectivity index (χ1) is 11.0. The largest absolute Gasteiger partial charge is 0.496 e. The van der Waals surface area contributed by atoms with Crippen molar-refractivity contribution in [2.75, 3.05) is 7.11 Å². The number of hydrogen-bond acceptors (Lipinski definition) is 3. The number of unbranched alkanes of at least 4 members (excludes halogenated alkanes) is 1. The summed E-state index contributed by atoms with van der Waals surface area (Å²) >= 11 is 0. The minimum absolute atomic E-state index is 0.104. The van der Waals surface area contributed by atoms with Crippen molar-refractivity contribution in [2.45, 2.75) is 52.0 Å². The van der Waals surface area contributed by atoms with Gasteiger partial charge in [0, 0.05) is 6.42 Å². The molecule has 0 aliphatic rings. The number of carbonyl (C=O) groups is 2. The fourth-order valence-corrected chi connectivity index (χ4v) is 2.55. The van der Waals surface area contributed by atoms with Gasteiger partial charge in [0.25, 0.3) is 0 Å². The zero-order chi connectivity index (χ0) is 17.2. The van der Waals surface area contributed by atoms with Gasteiger partial charge in [0.2, 0.25) is 5.91 Å². The van der Waals surface area contributed by atoms with Gasteiger partial charge < -0.3 is 15.2 Å². The molecule has 23 heavy (non-hydrogen) atoms. The summed E-state index contributed by atoms with van der Waals surface area (Å²) in [5, 5.41) is 11.8. The molecule has 2 N–H and O–H groups in total. The third-order valence-corrected chi connectivity index (χ3v) is 3.77. The summed E-state index contributed by atoms with van der Waals surface area (Å²) in [6.45, 7) is 3.98. The van der Waals surface area contributed by atoms with Crippen LogP contribution in [0.2, 0.25) is 0 Å². The first-order valence-corrected chi connectivity index (χ1v) is 8.12. The number of benzene rings is 1. The number of carbonyl (C=O) groups excluding carboxylic acids is 1. The van der Waals surface area contributed by atoms with Crippen molar-refractivity contribution >= 4 is 11.9 Å². The molecule has 2 atom stereocenters. The lowest BCUT2D eigenvalue weighted by molar-refractivity contribution is -0.142. The topological polar surface area (TPSA) is 75.6 Å². The molecule has 0 spiro atoms. The predicted octanol–water partition coefficient (Wildman–Crippen LogP) is 3.02. The number of para-hydroxylation sites is 1. The van der Waals surface area contributed by atoms with Crippen LogP contribution in [0.4, 0.5) is 0 Å². The van der Waals surface area contributed by atoms with Gasteiger partial charge in [0.15, 0.2) is 0 Å². The van der Waals surface area contributed by atoms with Crippen LogP contribution in [0, 0.1) is 5.92 Å². The van der Waals surface area contributed by atoms with E-state index in [0.29, 0.717) is 19.3 Å². The quantitative estimate of drug-likeness (QED) is 0.694. The molecule has 5 nitrogen and oxygen atoms in total. The molecular formula is C18H27NO4. The van der Waals surface area contributed by atoms with Gasteiger partial charge in [-0.2, -0.15) is 0 Å². The van der Waals surface area contributed by atoms with Crippen LogP contribution in [-0.2, 0) is 16.0 Å². The van der Waals surface area contributed by atoms with E-state index in [9.17, 15) is 9.59 Å². The molecule has 0 aliphatic carbocycles. The Kier molecular flexibility index (Phi) is 8.16. The minimum atomic E-state index is -0.968. The van der Waals surface area contributed by atoms with Gasteiger partial charge in [-0.05, 0) is 30.4 Å². The van der Waals surface area contributed by atoms with E-state index >= 15 is 0 Å². The van der Waals surface area contributed by atoms with Crippen molar-refractivity contribution < 1.29 is 19.4 Å². The van der Waals surface area contributed by atoms with Crippen LogP contribution in [0.5, 0.6) is 5.75 Å². The fourth-order valence-electron chi connectivity index (χ4n) is 2.55. The Morgan fingerprint density at radius 2 is 2.00 bits per heavy atom. The molecule has 1 aromatic rings. The number of amides is 1. The molecule has 0 heterocycles. The Morgan fingerprint density at radius 1 is 1.30 bits per heavy atom. The average molecular weight is 321 g/mol. The van der Waals surface area contributed by atoms with E-state index in [-0.39, 0.29) is 11.8 Å². The minimum Gasteiger partial charge on any atom is -0.496 e. The van der Waals surface area contributed by atoms with E-state index in [4.69, 9.17) is 9.84 Å². The van der Waals surface area contributed by atoms with Gasteiger partial charge in [0.05, 0.1) is 7.11 Å². The lowest BCUT2D eigenvalue weighted by atomic mass is 9.97. The molecular weight excluding hydrogens is 294 g/mol. The zero-order valence-electron chi connectivity index (χ0n) is 14.2. The Balaban J connectivity index is 2.53. The molecule has 0 aromatic heterocycles. The molecule has 0 fully saturated rings. The second-order valence-electron chi connectivity index (χ2n) is 5.93. The maximum absolute atomic E-state index is 12.1. The van der Waals surface area contributed by atoms with Gasteiger partial charge in [-0.1, -0.05) is 44.9 Å². The number of nitrogens with one attached hydrogen (secondary N) is 1. The number of aliphatic carboxylic acids is 1. The van der Waals surface area contributed by atoms with Crippen LogP contribution in [0.15, 0.2) is 24.3 Å². The third-order valence-electron chi connectivity index (χ3n) is 3.77. The van der Waals surface area contributed by atoms with E-state index in [0.717, 1.165) is 24.2 Å². The highest BCUT2D eigenvalue weighted by atomic mass is 16.5. The van der Waals surface area contributed by atoms with Crippen LogP contribution in [-0.4, -0.2) is 30.1 Å². The summed E-state index contributed by atoms with van der Waals surface area (Å²) in [7, 11) is 1.63. The number of carboxylic acids is 1. The van der Waals surface area contributed by atoms with E-state index in [2.05, 4.69) is 5.32 Å². The van der Waals surface area contributed by atoms with Crippen molar-refractivity contribution in [3.63, 3.8) is 0 Å². The normalized spacial score (nSPS) is 13.2. The van der Waals surface area contributed by atoms with E-state index < -0.39 is 12.0 Å². The number of rotatable bonds is 10. The molecule has 128 valence electrons. The van der Waals surface area contributed by atoms with Crippen LogP contribution >= 0.6 is 0 Å². The number of methoxy groups -OCH3 is 1. The van der Waals surface area contributed by atoms with Crippen molar-refractivity contribution in [1.82, 2.24) is 5.32 Å². The van der Waals surface area contributed by atoms with Gasteiger partial charge in [0.1, 0.15) is 11.8 Å². The lowest BCUT2D eigenvalue weighted by Crippen LogP contribution is -2.41. The monoisotopic (exact) mass is 321 g/mol. The first kappa shape index (κ1) is 19.0. The summed E-state index contributed by atoms with van der Waals surface area (Å²) in [6.07, 6.45) is 3.18. The smallest absolute Gasteiger partial charge is 0.326 e. The van der Waals surface area contributed by atoms with Crippen molar-refractivity contribution in [1.29, 1.82) is 0 Å². The van der Waals surface area contributed by atoms with E-state index in [1.165, 1.54) is 0 Å². The second kappa shape index (κ2) is 9.87. The summed E-state index contributed by atoms with van der Waals surface area (Å²) in [5.74, 6) is -0.266. The molecule has 0 saturated heterocycles. The molecule has 0 saturated carbocycles. The Labute approximate surface area is 138 Å². The highest BCUT2D eigenvalue weighted by molar-refractivity contribution is 5.83.